The maximum Gasteiger partial charge on any atom is -0.0321 e. The summed E-state index contributed by atoms with van der Waals surface area (Å²) in [5.74, 6) is 5.16. The van der Waals surface area contributed by atoms with Crippen LogP contribution < -0.4 is 0 Å². The van der Waals surface area contributed by atoms with Gasteiger partial charge in [0.25, 0.3) is 0 Å². The van der Waals surface area contributed by atoms with Crippen molar-refractivity contribution in [2.24, 2.45) is 40.4 Å². The lowest BCUT2D eigenvalue weighted by Crippen LogP contribution is -2.34. The average Bonchev–Trinajstić information content (AvgIpc) is 2.57. The van der Waals surface area contributed by atoms with Gasteiger partial charge in [0.1, 0.15) is 0 Å². The molecule has 0 spiro atoms. The average molecular weight is 409 g/mol. The second-order valence-corrected chi connectivity index (χ2v) is 12.5. The fraction of sp³-hybridized carbons (Fsp3) is 1.00. The van der Waals surface area contributed by atoms with E-state index < -0.39 is 0 Å². The van der Waals surface area contributed by atoms with Crippen molar-refractivity contribution in [3.05, 3.63) is 0 Å². The standard InChI is InChI=1S/C15H28.C12H24.2CH4/c1-12-3-7-14(8-4-12)11-15-9-5-13(2)6-10-15;1-6-12(5)8-10(2)7-11(3,4)9-12;;/h12-15H,3-11H2,1-2H3;10H,6-9H2,1-5H3;2*1H4. The van der Waals surface area contributed by atoms with E-state index in [0.717, 1.165) is 29.6 Å². The predicted molar refractivity (Wildman–Crippen MR) is 136 cm³/mol. The van der Waals surface area contributed by atoms with Crippen molar-refractivity contribution >= 4 is 0 Å². The van der Waals surface area contributed by atoms with Gasteiger partial charge in [-0.25, -0.2) is 0 Å². The molecular formula is C29H60. The molecule has 0 aromatic heterocycles. The van der Waals surface area contributed by atoms with Crippen LogP contribution in [-0.4, -0.2) is 0 Å². The molecule has 3 saturated carbocycles. The molecule has 0 radical (unpaired) electrons. The fourth-order valence-electron chi connectivity index (χ4n) is 7.03. The van der Waals surface area contributed by atoms with Crippen molar-refractivity contribution in [1.82, 2.24) is 0 Å². The van der Waals surface area contributed by atoms with E-state index in [1.54, 1.807) is 6.42 Å². The Bertz CT molecular complexity index is 386. The molecule has 0 heteroatoms. The molecule has 0 aromatic carbocycles. The Morgan fingerprint density at radius 2 is 1.03 bits per heavy atom. The summed E-state index contributed by atoms with van der Waals surface area (Å²) in [6.45, 7) is 16.9. The Morgan fingerprint density at radius 1 is 0.621 bits per heavy atom. The molecule has 0 N–H and O–H groups in total. The van der Waals surface area contributed by atoms with E-state index in [4.69, 9.17) is 0 Å². The maximum atomic E-state index is 2.46. The zero-order valence-electron chi connectivity index (χ0n) is 20.1. The van der Waals surface area contributed by atoms with E-state index in [9.17, 15) is 0 Å². The van der Waals surface area contributed by atoms with Gasteiger partial charge in [-0.1, -0.05) is 121 Å². The van der Waals surface area contributed by atoms with Crippen LogP contribution in [-0.2, 0) is 0 Å². The van der Waals surface area contributed by atoms with Crippen molar-refractivity contribution in [2.45, 2.75) is 147 Å². The topological polar surface area (TPSA) is 0 Å². The highest BCUT2D eigenvalue weighted by molar-refractivity contribution is 4.89. The van der Waals surface area contributed by atoms with E-state index in [1.807, 2.05) is 0 Å². The van der Waals surface area contributed by atoms with Crippen LogP contribution in [0.2, 0.25) is 0 Å². The summed E-state index contributed by atoms with van der Waals surface area (Å²) in [6.07, 6.45) is 19.4. The summed E-state index contributed by atoms with van der Waals surface area (Å²) in [5.41, 5.74) is 1.21. The van der Waals surface area contributed by atoms with Crippen LogP contribution in [0.15, 0.2) is 0 Å². The molecule has 0 amide bonds. The molecule has 3 fully saturated rings. The molecule has 3 aliphatic rings. The molecule has 3 aliphatic carbocycles. The predicted octanol–water partition coefficient (Wildman–Crippen LogP) is 10.6. The molecule has 0 bridgehead atoms. The minimum Gasteiger partial charge on any atom is -0.0776 e. The third kappa shape index (κ3) is 10.2. The quantitative estimate of drug-likeness (QED) is 0.435. The molecular weight excluding hydrogens is 348 g/mol. The highest BCUT2D eigenvalue weighted by atomic mass is 14.4. The van der Waals surface area contributed by atoms with E-state index in [-0.39, 0.29) is 14.9 Å². The van der Waals surface area contributed by atoms with E-state index in [2.05, 4.69) is 48.5 Å². The van der Waals surface area contributed by atoms with Crippen molar-refractivity contribution < 1.29 is 0 Å². The van der Waals surface area contributed by atoms with Gasteiger partial charge in [-0.05, 0) is 66.1 Å². The summed E-state index contributed by atoms with van der Waals surface area (Å²) < 4.78 is 0. The summed E-state index contributed by atoms with van der Waals surface area (Å²) in [5, 5.41) is 0. The van der Waals surface area contributed by atoms with Gasteiger partial charge in [-0.15, -0.1) is 0 Å². The second-order valence-electron chi connectivity index (χ2n) is 12.5. The van der Waals surface area contributed by atoms with Crippen molar-refractivity contribution in [1.29, 1.82) is 0 Å². The first-order valence-electron chi connectivity index (χ1n) is 12.6. The normalized spacial score (nSPS) is 39.2. The van der Waals surface area contributed by atoms with Gasteiger partial charge in [0.2, 0.25) is 0 Å². The van der Waals surface area contributed by atoms with Gasteiger partial charge < -0.3 is 0 Å². The van der Waals surface area contributed by atoms with E-state index in [0.29, 0.717) is 10.8 Å². The molecule has 29 heavy (non-hydrogen) atoms. The van der Waals surface area contributed by atoms with Crippen LogP contribution >= 0.6 is 0 Å². The van der Waals surface area contributed by atoms with E-state index in [1.165, 1.54) is 77.0 Å². The lowest BCUT2D eigenvalue weighted by atomic mass is 9.60. The van der Waals surface area contributed by atoms with Gasteiger partial charge in [0, 0.05) is 0 Å². The van der Waals surface area contributed by atoms with E-state index >= 15 is 0 Å². The zero-order chi connectivity index (χ0) is 20.1. The summed E-state index contributed by atoms with van der Waals surface area (Å²) in [6, 6.07) is 0. The summed E-state index contributed by atoms with van der Waals surface area (Å²) in [4.78, 5) is 0. The first-order valence-corrected chi connectivity index (χ1v) is 12.6. The molecule has 2 unspecified atom stereocenters. The molecule has 0 aliphatic heterocycles. The second kappa shape index (κ2) is 12.8. The van der Waals surface area contributed by atoms with Gasteiger partial charge in [0.05, 0.1) is 0 Å². The smallest absolute Gasteiger partial charge is 0.0321 e. The molecule has 0 aromatic rings. The third-order valence-corrected chi connectivity index (χ3v) is 8.44. The van der Waals surface area contributed by atoms with Crippen molar-refractivity contribution in [2.75, 3.05) is 0 Å². The lowest BCUT2D eigenvalue weighted by Gasteiger charge is -2.45. The minimum absolute atomic E-state index is 0. The van der Waals surface area contributed by atoms with Crippen LogP contribution in [0.25, 0.3) is 0 Å². The van der Waals surface area contributed by atoms with Gasteiger partial charge >= 0.3 is 0 Å². The van der Waals surface area contributed by atoms with Crippen LogP contribution in [0.1, 0.15) is 147 Å². The fourth-order valence-corrected chi connectivity index (χ4v) is 7.03. The third-order valence-electron chi connectivity index (χ3n) is 8.44. The Kier molecular flexibility index (Phi) is 12.8. The molecule has 2 atom stereocenters. The lowest BCUT2D eigenvalue weighted by molar-refractivity contribution is 0.0582. The molecule has 0 heterocycles. The SMILES string of the molecule is C.C.CC1CCC(CC2CCC(C)CC2)CC1.CCC1(C)CC(C)CC(C)(C)C1. The minimum atomic E-state index is 0. The Hall–Kier alpha value is 0. The van der Waals surface area contributed by atoms with Crippen LogP contribution in [0.3, 0.4) is 0 Å². The summed E-state index contributed by atoms with van der Waals surface area (Å²) in [7, 11) is 0. The number of rotatable bonds is 3. The monoisotopic (exact) mass is 408 g/mol. The Balaban J connectivity index is 0.000000518. The van der Waals surface area contributed by atoms with Crippen molar-refractivity contribution in [3.8, 4) is 0 Å². The van der Waals surface area contributed by atoms with Crippen molar-refractivity contribution in [3.63, 3.8) is 0 Å². The molecule has 3 rings (SSSR count). The first-order chi connectivity index (χ1) is 12.6. The zero-order valence-corrected chi connectivity index (χ0v) is 20.1. The Morgan fingerprint density at radius 3 is 1.38 bits per heavy atom. The van der Waals surface area contributed by atoms with Crippen LogP contribution in [0.4, 0.5) is 0 Å². The maximum absolute atomic E-state index is 2.46. The molecule has 0 nitrogen and oxygen atoms in total. The van der Waals surface area contributed by atoms with Crippen LogP contribution in [0, 0.1) is 40.4 Å². The van der Waals surface area contributed by atoms with Gasteiger partial charge in [-0.3, -0.25) is 0 Å². The highest BCUT2D eigenvalue weighted by Gasteiger charge is 2.38. The number of hydrogen-bond acceptors (Lipinski definition) is 0. The van der Waals surface area contributed by atoms with Crippen LogP contribution in [0.5, 0.6) is 0 Å². The van der Waals surface area contributed by atoms with Gasteiger partial charge in [-0.2, -0.15) is 0 Å². The largest absolute Gasteiger partial charge is 0.0776 e. The Labute approximate surface area is 187 Å². The number of hydrogen-bond donors (Lipinski definition) is 0. The highest BCUT2D eigenvalue weighted by Crippen LogP contribution is 2.49. The first kappa shape index (κ1) is 29.0. The summed E-state index contributed by atoms with van der Waals surface area (Å²) >= 11 is 0. The molecule has 176 valence electrons. The molecule has 0 saturated heterocycles. The van der Waals surface area contributed by atoms with Gasteiger partial charge in [0.15, 0.2) is 0 Å².